The topological polar surface area (TPSA) is 82.1 Å². The van der Waals surface area contributed by atoms with E-state index in [2.05, 4.69) is 25.9 Å². The lowest BCUT2D eigenvalue weighted by Crippen LogP contribution is -2.50. The van der Waals surface area contributed by atoms with Gasteiger partial charge in [-0.1, -0.05) is 0 Å². The molecule has 1 atom stereocenters. The normalized spacial score (nSPS) is 29.4. The number of aliphatic hydroxyl groups excluding tert-OH is 1. The molecule has 1 aromatic carbocycles. The molecule has 1 saturated carbocycles. The van der Waals surface area contributed by atoms with Gasteiger partial charge in [0.1, 0.15) is 0 Å². The van der Waals surface area contributed by atoms with Crippen molar-refractivity contribution in [1.82, 2.24) is 4.90 Å². The zero-order chi connectivity index (χ0) is 21.3. The molecule has 0 radical (unpaired) electrons. The molecule has 2 heterocycles. The maximum atomic E-state index is 13.5. The van der Waals surface area contributed by atoms with E-state index in [0.717, 1.165) is 81.5 Å². The van der Waals surface area contributed by atoms with Crippen LogP contribution in [0.4, 0.5) is 16.2 Å². The third-order valence-corrected chi connectivity index (χ3v) is 7.23. The van der Waals surface area contributed by atoms with Gasteiger partial charge in [0.2, 0.25) is 5.91 Å². The molecule has 1 aromatic rings. The number of ether oxygens (including phenoxy) is 1. The van der Waals surface area contributed by atoms with Crippen molar-refractivity contribution in [1.29, 1.82) is 0 Å². The highest BCUT2D eigenvalue weighted by Gasteiger charge is 2.50. The molecule has 2 aliphatic heterocycles. The predicted octanol–water partition coefficient (Wildman–Crippen LogP) is 3.30. The summed E-state index contributed by atoms with van der Waals surface area (Å²) in [5.41, 5.74) is 2.51. The summed E-state index contributed by atoms with van der Waals surface area (Å²) in [7, 11) is 1.35. The Hall–Kier alpha value is -2.28. The number of nitrogens with zero attached hydrogens (tertiary/aromatic N) is 2. The first kappa shape index (κ1) is 21.0. The Morgan fingerprint density at radius 3 is 2.67 bits per heavy atom. The number of anilines is 2. The Bertz CT molecular complexity index is 806. The molecule has 7 heteroatoms. The van der Waals surface area contributed by atoms with E-state index in [4.69, 9.17) is 0 Å². The number of carbonyl (C=O) groups is 2. The van der Waals surface area contributed by atoms with E-state index in [1.807, 2.05) is 19.1 Å². The number of amides is 2. The van der Waals surface area contributed by atoms with Gasteiger partial charge in [0.25, 0.3) is 0 Å². The molecule has 3 fully saturated rings. The van der Waals surface area contributed by atoms with Crippen molar-refractivity contribution in [3.8, 4) is 0 Å². The van der Waals surface area contributed by atoms with Crippen molar-refractivity contribution in [2.24, 2.45) is 5.41 Å². The average Bonchev–Trinajstić information content (AvgIpc) is 3.05. The smallest absolute Gasteiger partial charge is 0.411 e. The average molecular weight is 416 g/mol. The molecule has 164 valence electrons. The van der Waals surface area contributed by atoms with Crippen molar-refractivity contribution >= 4 is 23.4 Å². The molecular weight excluding hydrogens is 382 g/mol. The predicted molar refractivity (Wildman–Crippen MR) is 116 cm³/mol. The van der Waals surface area contributed by atoms with Crippen LogP contribution < -0.4 is 10.2 Å². The fourth-order valence-electron chi connectivity index (χ4n) is 5.44. The van der Waals surface area contributed by atoms with Crippen LogP contribution >= 0.6 is 0 Å². The summed E-state index contributed by atoms with van der Waals surface area (Å²) in [6, 6.07) is 6.28. The summed E-state index contributed by atoms with van der Waals surface area (Å²) in [4.78, 5) is 29.4. The van der Waals surface area contributed by atoms with Crippen LogP contribution in [-0.4, -0.2) is 60.9 Å². The number of aryl methyl sites for hydroxylation is 1. The summed E-state index contributed by atoms with van der Waals surface area (Å²) < 4.78 is 4.68. The minimum Gasteiger partial charge on any atom is -0.453 e. The first-order chi connectivity index (χ1) is 14.4. The fourth-order valence-corrected chi connectivity index (χ4v) is 5.44. The number of piperidine rings is 1. The van der Waals surface area contributed by atoms with Gasteiger partial charge in [-0.05, 0) is 75.6 Å². The molecule has 0 aromatic heterocycles. The van der Waals surface area contributed by atoms with E-state index in [9.17, 15) is 14.7 Å². The molecule has 1 spiro atoms. The number of carbonyl (C=O) groups excluding carboxylic acids is 2. The molecule has 3 aliphatic rings. The van der Waals surface area contributed by atoms with E-state index in [0.29, 0.717) is 11.9 Å². The number of likely N-dealkylation sites (tertiary alicyclic amines) is 1. The van der Waals surface area contributed by atoms with Gasteiger partial charge in [0, 0.05) is 37.1 Å². The van der Waals surface area contributed by atoms with Crippen LogP contribution in [0.3, 0.4) is 0 Å². The lowest BCUT2D eigenvalue weighted by atomic mass is 9.78. The van der Waals surface area contributed by atoms with Gasteiger partial charge in [0.15, 0.2) is 0 Å². The van der Waals surface area contributed by atoms with Gasteiger partial charge in [0.05, 0.1) is 18.6 Å². The molecule has 2 amide bonds. The fraction of sp³-hybridized carbons (Fsp3) is 0.652. The van der Waals surface area contributed by atoms with Gasteiger partial charge in [-0.3, -0.25) is 10.1 Å². The molecule has 0 unspecified atom stereocenters. The summed E-state index contributed by atoms with van der Waals surface area (Å²) in [5.74, 6) is 0.314. The van der Waals surface area contributed by atoms with Gasteiger partial charge in [-0.15, -0.1) is 0 Å². The zero-order valence-electron chi connectivity index (χ0n) is 18.0. The first-order valence-electron chi connectivity index (χ1n) is 11.1. The maximum absolute atomic E-state index is 13.5. The van der Waals surface area contributed by atoms with E-state index in [-0.39, 0.29) is 11.5 Å². The Morgan fingerprint density at radius 2 is 1.97 bits per heavy atom. The summed E-state index contributed by atoms with van der Waals surface area (Å²) in [6.45, 7) is 4.50. The Kier molecular flexibility index (Phi) is 5.91. The quantitative estimate of drug-likeness (QED) is 0.792. The molecular formula is C23H33N3O4. The lowest BCUT2D eigenvalue weighted by Gasteiger charge is -2.41. The van der Waals surface area contributed by atoms with Crippen LogP contribution in [0.2, 0.25) is 0 Å². The zero-order valence-corrected chi connectivity index (χ0v) is 18.0. The third kappa shape index (κ3) is 4.00. The van der Waals surface area contributed by atoms with Crippen LogP contribution in [0.25, 0.3) is 0 Å². The maximum Gasteiger partial charge on any atom is 0.411 e. The highest BCUT2D eigenvalue weighted by molar-refractivity contribution is 5.87. The minimum absolute atomic E-state index is 0.196. The molecule has 30 heavy (non-hydrogen) atoms. The number of nitrogens with one attached hydrogen (secondary N) is 1. The standard InChI is InChI=1S/C23H33N3O4/c1-16-14-18(6-9-20(16)24-22(29)30-2)25-12-3-10-23(15-25)11-13-26(21(23)28)17-4-7-19(27)8-5-17/h6,9,14,17,19,27H,3-5,7-8,10-13,15H2,1-2H3,(H,24,29)/t17?,19?,23-/m0/s1. The minimum atomic E-state index is -0.477. The second-order valence-corrected chi connectivity index (χ2v) is 9.13. The number of hydrogen-bond donors (Lipinski definition) is 2. The SMILES string of the molecule is COC(=O)Nc1ccc(N2CCC[C@]3(CCN(C4CCC(O)CC4)C3=O)C2)cc1C. The molecule has 1 aliphatic carbocycles. The second-order valence-electron chi connectivity index (χ2n) is 9.13. The molecule has 7 nitrogen and oxygen atoms in total. The highest BCUT2D eigenvalue weighted by Crippen LogP contribution is 2.43. The van der Waals surface area contributed by atoms with Crippen LogP contribution in [-0.2, 0) is 9.53 Å². The third-order valence-electron chi connectivity index (χ3n) is 7.23. The van der Waals surface area contributed by atoms with E-state index in [1.54, 1.807) is 0 Å². The highest BCUT2D eigenvalue weighted by atomic mass is 16.5. The number of benzene rings is 1. The summed E-state index contributed by atoms with van der Waals surface area (Å²) in [6.07, 6.45) is 5.65. The van der Waals surface area contributed by atoms with E-state index in [1.165, 1.54) is 7.11 Å². The van der Waals surface area contributed by atoms with Crippen LogP contribution in [0.15, 0.2) is 18.2 Å². The van der Waals surface area contributed by atoms with Crippen molar-refractivity contribution in [3.05, 3.63) is 23.8 Å². The van der Waals surface area contributed by atoms with E-state index >= 15 is 0 Å². The van der Waals surface area contributed by atoms with Gasteiger partial charge >= 0.3 is 6.09 Å². The van der Waals surface area contributed by atoms with E-state index < -0.39 is 6.09 Å². The van der Waals surface area contributed by atoms with Crippen molar-refractivity contribution < 1.29 is 19.4 Å². The second kappa shape index (κ2) is 8.46. The number of aliphatic hydroxyl groups is 1. The Balaban J connectivity index is 1.46. The molecule has 0 bridgehead atoms. The van der Waals surface area contributed by atoms with Crippen molar-refractivity contribution in [3.63, 3.8) is 0 Å². The monoisotopic (exact) mass is 415 g/mol. The molecule has 2 N–H and O–H groups in total. The largest absolute Gasteiger partial charge is 0.453 e. The Labute approximate surface area is 178 Å². The Morgan fingerprint density at radius 1 is 1.20 bits per heavy atom. The number of hydrogen-bond acceptors (Lipinski definition) is 5. The van der Waals surface area contributed by atoms with Crippen molar-refractivity contribution in [2.45, 2.75) is 64.0 Å². The lowest BCUT2D eigenvalue weighted by molar-refractivity contribution is -0.139. The van der Waals surface area contributed by atoms with Gasteiger partial charge in [-0.2, -0.15) is 0 Å². The summed E-state index contributed by atoms with van der Waals surface area (Å²) in [5, 5.41) is 12.5. The van der Waals surface area contributed by atoms with Crippen LogP contribution in [0.1, 0.15) is 50.5 Å². The number of rotatable bonds is 3. The van der Waals surface area contributed by atoms with Crippen LogP contribution in [0.5, 0.6) is 0 Å². The van der Waals surface area contributed by atoms with Crippen molar-refractivity contribution in [2.75, 3.05) is 37.0 Å². The van der Waals surface area contributed by atoms with Gasteiger partial charge in [-0.25, -0.2) is 4.79 Å². The molecule has 2 saturated heterocycles. The summed E-state index contributed by atoms with van der Waals surface area (Å²) >= 11 is 0. The molecule has 4 rings (SSSR count). The van der Waals surface area contributed by atoms with Crippen LogP contribution in [0, 0.1) is 12.3 Å². The van der Waals surface area contributed by atoms with Gasteiger partial charge < -0.3 is 19.6 Å². The first-order valence-corrected chi connectivity index (χ1v) is 11.1. The number of methoxy groups -OCH3 is 1.